The van der Waals surface area contributed by atoms with Gasteiger partial charge in [0.15, 0.2) is 12.0 Å². The topological polar surface area (TPSA) is 59.2 Å². The van der Waals surface area contributed by atoms with Gasteiger partial charge in [-0.05, 0) is 0 Å². The van der Waals surface area contributed by atoms with Crippen molar-refractivity contribution in [1.29, 1.82) is 0 Å². The monoisotopic (exact) mass is 255 g/mol. The number of pyridine rings is 1. The van der Waals surface area contributed by atoms with Crippen molar-refractivity contribution >= 4 is 17.9 Å². The van der Waals surface area contributed by atoms with Gasteiger partial charge in [0.05, 0.1) is 5.88 Å². The van der Waals surface area contributed by atoms with Gasteiger partial charge in [0.25, 0.3) is 5.56 Å². The Balaban J connectivity index is 3.35. The van der Waals surface area contributed by atoms with Crippen LogP contribution in [-0.2, 0) is 5.88 Å². The lowest BCUT2D eigenvalue weighted by Crippen LogP contribution is -2.24. The van der Waals surface area contributed by atoms with Crippen LogP contribution in [-0.4, -0.2) is 17.6 Å². The molecule has 0 aliphatic heterocycles. The van der Waals surface area contributed by atoms with E-state index in [9.17, 15) is 22.8 Å². The van der Waals surface area contributed by atoms with Crippen molar-refractivity contribution in [3.63, 3.8) is 0 Å². The molecule has 8 heteroatoms. The van der Waals surface area contributed by atoms with E-state index >= 15 is 0 Å². The Kier molecular flexibility index (Phi) is 3.58. The van der Waals surface area contributed by atoms with Gasteiger partial charge in [0.1, 0.15) is 0 Å². The van der Waals surface area contributed by atoms with Crippen LogP contribution >= 0.6 is 11.6 Å². The number of carbonyl (C=O) groups excluding carboxylic acids is 1. The van der Waals surface area contributed by atoms with Crippen molar-refractivity contribution in [3.05, 3.63) is 27.7 Å². The van der Waals surface area contributed by atoms with Gasteiger partial charge in [0, 0.05) is 17.3 Å². The number of ether oxygens (including phenoxy) is 1. The van der Waals surface area contributed by atoms with Crippen LogP contribution in [0.15, 0.2) is 11.0 Å². The molecule has 0 unspecified atom stereocenters. The van der Waals surface area contributed by atoms with E-state index < -0.39 is 23.6 Å². The molecular formula is C8H5ClF3NO3. The number of aldehydes is 1. The highest BCUT2D eigenvalue weighted by molar-refractivity contribution is 6.17. The van der Waals surface area contributed by atoms with Crippen LogP contribution in [0.2, 0.25) is 0 Å². The average molecular weight is 256 g/mol. The van der Waals surface area contributed by atoms with Crippen LogP contribution in [0.25, 0.3) is 0 Å². The van der Waals surface area contributed by atoms with E-state index in [1.165, 1.54) is 0 Å². The van der Waals surface area contributed by atoms with Crippen molar-refractivity contribution in [1.82, 2.24) is 4.98 Å². The maximum absolute atomic E-state index is 12.0. The van der Waals surface area contributed by atoms with Gasteiger partial charge in [-0.15, -0.1) is 24.8 Å². The molecule has 1 heterocycles. The molecule has 16 heavy (non-hydrogen) atoms. The summed E-state index contributed by atoms with van der Waals surface area (Å²) in [5.74, 6) is -1.45. The maximum atomic E-state index is 12.0. The summed E-state index contributed by atoms with van der Waals surface area (Å²) in [6.07, 6.45) is -3.78. The first-order chi connectivity index (χ1) is 7.39. The first-order valence-corrected chi connectivity index (χ1v) is 4.44. The molecule has 0 aliphatic carbocycles. The Hall–Kier alpha value is -1.50. The van der Waals surface area contributed by atoms with E-state index in [0.29, 0.717) is 0 Å². The summed E-state index contributed by atoms with van der Waals surface area (Å²) in [7, 11) is 0. The number of aromatic nitrogens is 1. The summed E-state index contributed by atoms with van der Waals surface area (Å²) in [5.41, 5.74) is -1.55. The largest absolute Gasteiger partial charge is 0.573 e. The lowest BCUT2D eigenvalue weighted by molar-refractivity contribution is -0.275. The number of aromatic amines is 1. The molecule has 0 fully saturated rings. The van der Waals surface area contributed by atoms with Gasteiger partial charge in [-0.1, -0.05) is 0 Å². The highest BCUT2D eigenvalue weighted by atomic mass is 35.5. The highest BCUT2D eigenvalue weighted by Crippen LogP contribution is 2.25. The second-order valence-electron chi connectivity index (χ2n) is 2.68. The molecule has 1 aromatic heterocycles. The maximum Gasteiger partial charge on any atom is 0.573 e. The van der Waals surface area contributed by atoms with Crippen LogP contribution in [0, 0.1) is 0 Å². The Bertz CT molecular complexity index is 455. The zero-order chi connectivity index (χ0) is 12.3. The summed E-state index contributed by atoms with van der Waals surface area (Å²) in [4.78, 5) is 23.5. The molecule has 0 aromatic carbocycles. The summed E-state index contributed by atoms with van der Waals surface area (Å²) in [5, 5.41) is 0. The quantitative estimate of drug-likeness (QED) is 0.662. The van der Waals surface area contributed by atoms with Crippen LogP contribution in [0.3, 0.4) is 0 Å². The van der Waals surface area contributed by atoms with Crippen LogP contribution in [0.4, 0.5) is 13.2 Å². The molecule has 0 aliphatic rings. The molecule has 0 radical (unpaired) electrons. The van der Waals surface area contributed by atoms with Crippen LogP contribution in [0.5, 0.6) is 5.75 Å². The Morgan fingerprint density at radius 3 is 2.56 bits per heavy atom. The highest BCUT2D eigenvalue weighted by Gasteiger charge is 2.33. The zero-order valence-corrected chi connectivity index (χ0v) is 8.35. The fraction of sp³-hybridized carbons (Fsp3) is 0.250. The molecule has 0 amide bonds. The Morgan fingerprint density at radius 2 is 2.12 bits per heavy atom. The second kappa shape index (κ2) is 4.56. The molecule has 0 saturated carbocycles. The SMILES string of the molecule is O=Cc1c[nH]c(=O)c(OC(F)(F)F)c1CCl. The predicted molar refractivity (Wildman–Crippen MR) is 48.7 cm³/mol. The molecule has 0 atom stereocenters. The number of alkyl halides is 4. The van der Waals surface area contributed by atoms with E-state index in [-0.39, 0.29) is 17.4 Å². The first-order valence-electron chi connectivity index (χ1n) is 3.90. The number of nitrogens with one attached hydrogen (secondary N) is 1. The minimum atomic E-state index is -5.02. The minimum absolute atomic E-state index is 0.158. The molecule has 88 valence electrons. The lowest BCUT2D eigenvalue weighted by Gasteiger charge is -2.11. The van der Waals surface area contributed by atoms with E-state index in [4.69, 9.17) is 11.6 Å². The average Bonchev–Trinajstić information content (AvgIpc) is 2.19. The van der Waals surface area contributed by atoms with E-state index in [1.807, 2.05) is 4.98 Å². The molecule has 0 spiro atoms. The number of halogens is 4. The number of H-pyrrole nitrogens is 1. The third-order valence-corrected chi connectivity index (χ3v) is 1.93. The van der Waals surface area contributed by atoms with Gasteiger partial charge < -0.3 is 9.72 Å². The second-order valence-corrected chi connectivity index (χ2v) is 2.95. The van der Waals surface area contributed by atoms with Crippen LogP contribution in [0.1, 0.15) is 15.9 Å². The fourth-order valence-electron chi connectivity index (χ4n) is 1.03. The van der Waals surface area contributed by atoms with Gasteiger partial charge in [-0.3, -0.25) is 9.59 Å². The Morgan fingerprint density at radius 1 is 1.50 bits per heavy atom. The predicted octanol–water partition coefficient (Wildman–Crippen LogP) is 1.82. The van der Waals surface area contributed by atoms with Gasteiger partial charge >= 0.3 is 6.36 Å². The van der Waals surface area contributed by atoms with Gasteiger partial charge in [0.2, 0.25) is 0 Å². The smallest absolute Gasteiger partial charge is 0.399 e. The molecule has 4 nitrogen and oxygen atoms in total. The summed E-state index contributed by atoms with van der Waals surface area (Å²) >= 11 is 5.36. The normalized spacial score (nSPS) is 11.2. The number of rotatable bonds is 3. The van der Waals surface area contributed by atoms with Crippen LogP contribution < -0.4 is 10.3 Å². The zero-order valence-electron chi connectivity index (χ0n) is 7.60. The van der Waals surface area contributed by atoms with Gasteiger partial charge in [-0.2, -0.15) is 0 Å². The first kappa shape index (κ1) is 12.6. The van der Waals surface area contributed by atoms with Crippen molar-refractivity contribution in [3.8, 4) is 5.75 Å². The molecule has 1 aromatic rings. The lowest BCUT2D eigenvalue weighted by atomic mass is 10.1. The third kappa shape index (κ3) is 2.75. The number of carbonyl (C=O) groups is 1. The number of hydrogen-bond acceptors (Lipinski definition) is 3. The summed E-state index contributed by atoms with van der Waals surface area (Å²) < 4.78 is 39.4. The minimum Gasteiger partial charge on any atom is -0.399 e. The van der Waals surface area contributed by atoms with Crippen molar-refractivity contribution in [2.75, 3.05) is 0 Å². The van der Waals surface area contributed by atoms with Crippen molar-refractivity contribution < 1.29 is 22.7 Å². The molecule has 1 rings (SSSR count). The summed E-state index contributed by atoms with van der Waals surface area (Å²) in [6, 6.07) is 0. The third-order valence-electron chi connectivity index (χ3n) is 1.67. The van der Waals surface area contributed by atoms with Crippen molar-refractivity contribution in [2.45, 2.75) is 12.2 Å². The standard InChI is InChI=1S/C8H5ClF3NO3/c9-1-5-4(3-14)2-13-7(15)6(5)16-8(10,11)12/h2-3H,1H2,(H,13,15). The number of hydrogen-bond donors (Lipinski definition) is 1. The van der Waals surface area contributed by atoms with E-state index in [0.717, 1.165) is 6.20 Å². The molecule has 0 bridgehead atoms. The molecular weight excluding hydrogens is 251 g/mol. The Labute approximate surface area is 92.0 Å². The van der Waals surface area contributed by atoms with Gasteiger partial charge in [-0.25, -0.2) is 0 Å². The molecule has 1 N–H and O–H groups in total. The van der Waals surface area contributed by atoms with E-state index in [2.05, 4.69) is 4.74 Å². The summed E-state index contributed by atoms with van der Waals surface area (Å²) in [6.45, 7) is 0. The molecule has 0 saturated heterocycles. The van der Waals surface area contributed by atoms with E-state index in [1.54, 1.807) is 0 Å². The van der Waals surface area contributed by atoms with Crippen molar-refractivity contribution in [2.24, 2.45) is 0 Å². The fourth-order valence-corrected chi connectivity index (χ4v) is 1.31.